The predicted octanol–water partition coefficient (Wildman–Crippen LogP) is 3.55. The fourth-order valence-electron chi connectivity index (χ4n) is 2.26. The number of aryl methyl sites for hydroxylation is 1. The molecular weight excluding hydrogens is 322 g/mol. The molecule has 0 aliphatic rings. The molecule has 1 heterocycles. The number of nitrogens with one attached hydrogen (secondary N) is 1. The molecule has 124 valence electrons. The number of aromatic nitrogens is 2. The second kappa shape index (κ2) is 7.88. The summed E-state index contributed by atoms with van der Waals surface area (Å²) in [5.41, 5.74) is 1.96. The van der Waals surface area contributed by atoms with Gasteiger partial charge in [-0.15, -0.1) is 0 Å². The molecule has 0 bridgehead atoms. The topological polar surface area (TPSA) is 68.0 Å². The van der Waals surface area contributed by atoms with Crippen LogP contribution in [0.15, 0.2) is 64.0 Å². The van der Waals surface area contributed by atoms with E-state index in [1.807, 2.05) is 61.5 Å². The Bertz CT molecular complexity index is 818. The SMILES string of the molecule is CCc1nc(CNc2cccc(C[S@@](=O)c3ccccc3)c2)no1. The van der Waals surface area contributed by atoms with Gasteiger partial charge in [-0.05, 0) is 29.8 Å². The molecule has 6 heteroatoms. The normalized spacial score (nSPS) is 12.0. The van der Waals surface area contributed by atoms with Crippen LogP contribution in [0.5, 0.6) is 0 Å². The molecule has 24 heavy (non-hydrogen) atoms. The van der Waals surface area contributed by atoms with E-state index in [0.717, 1.165) is 22.6 Å². The predicted molar refractivity (Wildman–Crippen MR) is 94.0 cm³/mol. The minimum absolute atomic E-state index is 0.488. The van der Waals surface area contributed by atoms with Gasteiger partial charge in [0.2, 0.25) is 5.89 Å². The van der Waals surface area contributed by atoms with Crippen molar-refractivity contribution in [3.05, 3.63) is 71.9 Å². The number of benzene rings is 2. The molecule has 0 unspecified atom stereocenters. The number of hydrogen-bond donors (Lipinski definition) is 1. The van der Waals surface area contributed by atoms with Gasteiger partial charge in [0.15, 0.2) is 5.82 Å². The van der Waals surface area contributed by atoms with E-state index < -0.39 is 10.8 Å². The molecule has 0 saturated heterocycles. The fourth-order valence-corrected chi connectivity index (χ4v) is 3.37. The Kier molecular flexibility index (Phi) is 5.38. The number of hydrogen-bond acceptors (Lipinski definition) is 5. The minimum atomic E-state index is -1.05. The Balaban J connectivity index is 1.62. The molecule has 1 aromatic heterocycles. The van der Waals surface area contributed by atoms with E-state index in [0.29, 0.717) is 24.0 Å². The van der Waals surface area contributed by atoms with Crippen LogP contribution in [-0.4, -0.2) is 14.3 Å². The van der Waals surface area contributed by atoms with Gasteiger partial charge in [-0.2, -0.15) is 4.98 Å². The second-order valence-corrected chi connectivity index (χ2v) is 6.77. The summed E-state index contributed by atoms with van der Waals surface area (Å²) >= 11 is 0. The molecule has 0 aliphatic heterocycles. The maximum Gasteiger partial charge on any atom is 0.226 e. The van der Waals surface area contributed by atoms with E-state index >= 15 is 0 Å². The van der Waals surface area contributed by atoms with Crippen molar-refractivity contribution in [3.63, 3.8) is 0 Å². The zero-order chi connectivity index (χ0) is 16.8. The molecule has 2 aromatic carbocycles. The summed E-state index contributed by atoms with van der Waals surface area (Å²) < 4.78 is 17.5. The second-order valence-electron chi connectivity index (χ2n) is 5.31. The Labute approximate surface area is 143 Å². The van der Waals surface area contributed by atoms with Crippen LogP contribution in [-0.2, 0) is 29.5 Å². The fraction of sp³-hybridized carbons (Fsp3) is 0.222. The monoisotopic (exact) mass is 341 g/mol. The lowest BCUT2D eigenvalue weighted by Crippen LogP contribution is -2.02. The maximum atomic E-state index is 12.4. The highest BCUT2D eigenvalue weighted by atomic mass is 32.2. The van der Waals surface area contributed by atoms with Crippen LogP contribution in [0.4, 0.5) is 5.69 Å². The van der Waals surface area contributed by atoms with Crippen LogP contribution in [0, 0.1) is 0 Å². The minimum Gasteiger partial charge on any atom is -0.378 e. The summed E-state index contributed by atoms with van der Waals surface area (Å²) in [5.74, 6) is 1.76. The average molecular weight is 341 g/mol. The van der Waals surface area contributed by atoms with Gasteiger partial charge in [0, 0.05) is 17.0 Å². The lowest BCUT2D eigenvalue weighted by atomic mass is 10.2. The van der Waals surface area contributed by atoms with Crippen LogP contribution in [0.1, 0.15) is 24.2 Å². The first-order chi connectivity index (χ1) is 11.7. The third-order valence-electron chi connectivity index (χ3n) is 3.49. The van der Waals surface area contributed by atoms with E-state index in [4.69, 9.17) is 4.52 Å². The zero-order valence-electron chi connectivity index (χ0n) is 13.4. The van der Waals surface area contributed by atoms with Crippen molar-refractivity contribution in [2.24, 2.45) is 0 Å². The van der Waals surface area contributed by atoms with Crippen LogP contribution in [0.3, 0.4) is 0 Å². The van der Waals surface area contributed by atoms with Gasteiger partial charge in [-0.25, -0.2) is 0 Å². The van der Waals surface area contributed by atoms with Crippen molar-refractivity contribution in [2.75, 3.05) is 5.32 Å². The molecule has 1 atom stereocenters. The standard InChI is InChI=1S/C18H19N3O2S/c1-2-18-20-17(21-23-18)12-19-15-8-6-7-14(11-15)13-24(22)16-9-4-3-5-10-16/h3-11,19H,2,12-13H2,1H3/t24-/m1/s1. The van der Waals surface area contributed by atoms with Crippen LogP contribution < -0.4 is 5.32 Å². The third-order valence-corrected chi connectivity index (χ3v) is 4.89. The first kappa shape index (κ1) is 16.4. The van der Waals surface area contributed by atoms with E-state index in [-0.39, 0.29) is 0 Å². The van der Waals surface area contributed by atoms with Gasteiger partial charge in [0.1, 0.15) is 0 Å². The van der Waals surface area contributed by atoms with Crippen molar-refractivity contribution in [2.45, 2.75) is 30.5 Å². The summed E-state index contributed by atoms with van der Waals surface area (Å²) in [6.07, 6.45) is 0.730. The summed E-state index contributed by atoms with van der Waals surface area (Å²) in [6.45, 7) is 2.47. The molecule has 0 radical (unpaired) electrons. The number of anilines is 1. The first-order valence-electron chi connectivity index (χ1n) is 7.82. The van der Waals surface area contributed by atoms with Gasteiger partial charge < -0.3 is 9.84 Å². The molecule has 5 nitrogen and oxygen atoms in total. The largest absolute Gasteiger partial charge is 0.378 e. The van der Waals surface area contributed by atoms with Gasteiger partial charge in [0.05, 0.1) is 23.1 Å². The Hall–Kier alpha value is -2.47. The van der Waals surface area contributed by atoms with Crippen molar-refractivity contribution in [1.29, 1.82) is 0 Å². The highest BCUT2D eigenvalue weighted by molar-refractivity contribution is 7.84. The maximum absolute atomic E-state index is 12.4. The smallest absolute Gasteiger partial charge is 0.226 e. The molecule has 1 N–H and O–H groups in total. The summed E-state index contributed by atoms with van der Waals surface area (Å²) in [5, 5.41) is 7.18. The van der Waals surface area contributed by atoms with E-state index in [2.05, 4.69) is 15.5 Å². The van der Waals surface area contributed by atoms with E-state index in [1.54, 1.807) is 0 Å². The van der Waals surface area contributed by atoms with Gasteiger partial charge in [-0.3, -0.25) is 4.21 Å². The molecule has 3 rings (SSSR count). The summed E-state index contributed by atoms with van der Waals surface area (Å²) in [4.78, 5) is 5.11. The lowest BCUT2D eigenvalue weighted by Gasteiger charge is -2.07. The zero-order valence-corrected chi connectivity index (χ0v) is 14.3. The highest BCUT2D eigenvalue weighted by Crippen LogP contribution is 2.16. The van der Waals surface area contributed by atoms with Crippen molar-refractivity contribution >= 4 is 16.5 Å². The summed E-state index contributed by atoms with van der Waals surface area (Å²) in [7, 11) is -1.05. The highest BCUT2D eigenvalue weighted by Gasteiger charge is 2.07. The molecule has 0 saturated carbocycles. The van der Waals surface area contributed by atoms with Crippen LogP contribution >= 0.6 is 0 Å². The Morgan fingerprint density at radius 1 is 1.12 bits per heavy atom. The van der Waals surface area contributed by atoms with Crippen molar-refractivity contribution in [1.82, 2.24) is 10.1 Å². The van der Waals surface area contributed by atoms with Gasteiger partial charge in [-0.1, -0.05) is 42.4 Å². The molecule has 0 spiro atoms. The molecular formula is C18H19N3O2S. The van der Waals surface area contributed by atoms with Crippen LogP contribution in [0.2, 0.25) is 0 Å². The quantitative estimate of drug-likeness (QED) is 0.712. The van der Waals surface area contributed by atoms with Crippen LogP contribution in [0.25, 0.3) is 0 Å². The Morgan fingerprint density at radius 3 is 2.71 bits per heavy atom. The number of rotatable bonds is 7. The van der Waals surface area contributed by atoms with Gasteiger partial charge in [0.25, 0.3) is 0 Å². The Morgan fingerprint density at radius 2 is 1.96 bits per heavy atom. The number of nitrogens with zero attached hydrogens (tertiary/aromatic N) is 2. The average Bonchev–Trinajstić information content (AvgIpc) is 3.09. The lowest BCUT2D eigenvalue weighted by molar-refractivity contribution is 0.377. The molecule has 0 fully saturated rings. The summed E-state index contributed by atoms with van der Waals surface area (Å²) in [6, 6.07) is 17.4. The van der Waals surface area contributed by atoms with E-state index in [9.17, 15) is 4.21 Å². The molecule has 3 aromatic rings. The molecule has 0 aliphatic carbocycles. The van der Waals surface area contributed by atoms with Gasteiger partial charge >= 0.3 is 0 Å². The van der Waals surface area contributed by atoms with Crippen molar-refractivity contribution < 1.29 is 8.73 Å². The molecule has 0 amide bonds. The third kappa shape index (κ3) is 4.29. The van der Waals surface area contributed by atoms with E-state index in [1.165, 1.54) is 0 Å². The van der Waals surface area contributed by atoms with Crippen molar-refractivity contribution in [3.8, 4) is 0 Å². The first-order valence-corrected chi connectivity index (χ1v) is 9.14.